The average Bonchev–Trinajstić information content (AvgIpc) is 3.31. The number of aryl methyl sites for hydroxylation is 2. The van der Waals surface area contributed by atoms with E-state index in [2.05, 4.69) is 77.8 Å². The predicted molar refractivity (Wildman–Crippen MR) is 107 cm³/mol. The van der Waals surface area contributed by atoms with E-state index in [1.807, 2.05) is 12.1 Å². The Kier molecular flexibility index (Phi) is 2.80. The van der Waals surface area contributed by atoms with Gasteiger partial charge < -0.3 is 4.42 Å². The summed E-state index contributed by atoms with van der Waals surface area (Å²) < 4.78 is 10.8. The Hall–Kier alpha value is -3.33. The van der Waals surface area contributed by atoms with Crippen LogP contribution in [0.3, 0.4) is 0 Å². The standard InChI is InChI=1S/C24H19N2O/c1-15-6-5-7-16(2)23(15)26-11-10-25-14-17-12-22-20(13-19(17)24(25)26)18-8-3-4-9-21(18)27-22/h3-13H,14H2,1-2H3/q+1. The van der Waals surface area contributed by atoms with Crippen molar-refractivity contribution < 1.29 is 8.98 Å². The van der Waals surface area contributed by atoms with E-state index in [0.717, 1.165) is 17.7 Å². The van der Waals surface area contributed by atoms with Crippen molar-refractivity contribution >= 4 is 21.9 Å². The molecule has 0 aliphatic carbocycles. The molecule has 0 saturated heterocycles. The van der Waals surface area contributed by atoms with E-state index in [-0.39, 0.29) is 0 Å². The molecule has 0 N–H and O–H groups in total. The number of aromatic nitrogens is 2. The molecule has 27 heavy (non-hydrogen) atoms. The lowest BCUT2D eigenvalue weighted by molar-refractivity contribution is -0.671. The molecule has 3 nitrogen and oxygen atoms in total. The lowest BCUT2D eigenvalue weighted by Crippen LogP contribution is -2.30. The van der Waals surface area contributed by atoms with E-state index in [1.165, 1.54) is 44.5 Å². The zero-order valence-corrected chi connectivity index (χ0v) is 15.4. The monoisotopic (exact) mass is 351 g/mol. The minimum absolute atomic E-state index is 0.885. The zero-order valence-electron chi connectivity index (χ0n) is 15.4. The van der Waals surface area contributed by atoms with Gasteiger partial charge in [0.2, 0.25) is 0 Å². The number of fused-ring (bicyclic) bond motifs is 6. The molecule has 130 valence electrons. The van der Waals surface area contributed by atoms with Crippen LogP contribution in [0.5, 0.6) is 0 Å². The Labute approximate surface area is 157 Å². The van der Waals surface area contributed by atoms with Crippen molar-refractivity contribution in [2.24, 2.45) is 0 Å². The van der Waals surface area contributed by atoms with E-state index in [9.17, 15) is 0 Å². The molecule has 3 heterocycles. The van der Waals surface area contributed by atoms with Gasteiger partial charge in [-0.1, -0.05) is 36.4 Å². The lowest BCUT2D eigenvalue weighted by atomic mass is 10.0. The Morgan fingerprint density at radius 2 is 1.70 bits per heavy atom. The maximum Gasteiger partial charge on any atom is 0.294 e. The van der Waals surface area contributed by atoms with Gasteiger partial charge in [0.25, 0.3) is 5.82 Å². The van der Waals surface area contributed by atoms with Gasteiger partial charge >= 0.3 is 0 Å². The van der Waals surface area contributed by atoms with Gasteiger partial charge in [-0.3, -0.25) is 0 Å². The number of imidazole rings is 1. The summed E-state index contributed by atoms with van der Waals surface area (Å²) in [5.41, 5.74) is 8.39. The number of benzene rings is 3. The molecule has 0 unspecified atom stereocenters. The normalized spacial score (nSPS) is 12.7. The first kappa shape index (κ1) is 14.8. The Morgan fingerprint density at radius 3 is 2.56 bits per heavy atom. The summed E-state index contributed by atoms with van der Waals surface area (Å²) in [5.74, 6) is 1.24. The van der Waals surface area contributed by atoms with Crippen LogP contribution in [0.1, 0.15) is 16.7 Å². The highest BCUT2D eigenvalue weighted by Gasteiger charge is 2.32. The molecule has 6 rings (SSSR count). The van der Waals surface area contributed by atoms with Crippen LogP contribution in [0, 0.1) is 13.8 Å². The largest absolute Gasteiger partial charge is 0.456 e. The molecule has 3 aromatic carbocycles. The topological polar surface area (TPSA) is 21.9 Å². The van der Waals surface area contributed by atoms with Crippen LogP contribution >= 0.6 is 0 Å². The van der Waals surface area contributed by atoms with Gasteiger partial charge in [-0.25, -0.2) is 4.57 Å². The van der Waals surface area contributed by atoms with Crippen molar-refractivity contribution in [2.75, 3.05) is 0 Å². The van der Waals surface area contributed by atoms with Crippen molar-refractivity contribution in [3.8, 4) is 17.1 Å². The number of nitrogens with zero attached hydrogens (tertiary/aromatic N) is 2. The molecule has 1 aliphatic heterocycles. The number of hydrogen-bond donors (Lipinski definition) is 0. The number of para-hydroxylation sites is 2. The molecule has 0 amide bonds. The average molecular weight is 351 g/mol. The van der Waals surface area contributed by atoms with E-state index < -0.39 is 0 Å². The Morgan fingerprint density at radius 1 is 0.889 bits per heavy atom. The summed E-state index contributed by atoms with van der Waals surface area (Å²) in [7, 11) is 0. The van der Waals surface area contributed by atoms with Crippen LogP contribution in [0.4, 0.5) is 0 Å². The third-order valence-electron chi connectivity index (χ3n) is 5.76. The van der Waals surface area contributed by atoms with Gasteiger partial charge in [0.1, 0.15) is 35.8 Å². The predicted octanol–water partition coefficient (Wildman–Crippen LogP) is 5.31. The molecule has 0 radical (unpaired) electrons. The van der Waals surface area contributed by atoms with Crippen LogP contribution in [0.15, 0.2) is 71.4 Å². The molecule has 0 spiro atoms. The third-order valence-corrected chi connectivity index (χ3v) is 5.76. The summed E-state index contributed by atoms with van der Waals surface area (Å²) in [6.45, 7) is 5.25. The highest BCUT2D eigenvalue weighted by molar-refractivity contribution is 6.06. The second-order valence-electron chi connectivity index (χ2n) is 7.46. The van der Waals surface area contributed by atoms with Crippen molar-refractivity contribution in [1.29, 1.82) is 0 Å². The minimum Gasteiger partial charge on any atom is -0.456 e. The fourth-order valence-corrected chi connectivity index (χ4v) is 4.54. The molecule has 0 atom stereocenters. The highest BCUT2D eigenvalue weighted by atomic mass is 16.3. The van der Waals surface area contributed by atoms with Crippen LogP contribution < -0.4 is 4.57 Å². The molecule has 0 saturated carbocycles. The first-order valence-corrected chi connectivity index (χ1v) is 9.32. The van der Waals surface area contributed by atoms with Crippen molar-refractivity contribution in [3.05, 3.63) is 83.7 Å². The second kappa shape index (κ2) is 5.10. The van der Waals surface area contributed by atoms with Crippen LogP contribution in [0.2, 0.25) is 0 Å². The summed E-state index contributed by atoms with van der Waals surface area (Å²) in [6.07, 6.45) is 4.37. The van der Waals surface area contributed by atoms with Gasteiger partial charge in [-0.15, -0.1) is 0 Å². The summed E-state index contributed by atoms with van der Waals surface area (Å²) in [5, 5.41) is 2.37. The van der Waals surface area contributed by atoms with Gasteiger partial charge in [-0.2, -0.15) is 4.57 Å². The second-order valence-corrected chi connectivity index (χ2v) is 7.46. The molecular weight excluding hydrogens is 332 g/mol. The quantitative estimate of drug-likeness (QED) is 0.368. The number of hydrogen-bond acceptors (Lipinski definition) is 1. The fourth-order valence-electron chi connectivity index (χ4n) is 4.54. The minimum atomic E-state index is 0.885. The van der Waals surface area contributed by atoms with Gasteiger partial charge in [0, 0.05) is 16.3 Å². The van der Waals surface area contributed by atoms with E-state index in [0.29, 0.717) is 0 Å². The SMILES string of the molecule is Cc1cccc(C)c1-n1cc[n+]2c1-c1cc3c(cc1C2)oc1ccccc13. The van der Waals surface area contributed by atoms with Crippen molar-refractivity contribution in [3.63, 3.8) is 0 Å². The number of rotatable bonds is 1. The smallest absolute Gasteiger partial charge is 0.294 e. The molecule has 0 bridgehead atoms. The maximum absolute atomic E-state index is 6.09. The molecule has 5 aromatic rings. The van der Waals surface area contributed by atoms with Crippen molar-refractivity contribution in [2.45, 2.75) is 20.4 Å². The molecule has 0 fully saturated rings. The van der Waals surface area contributed by atoms with Crippen molar-refractivity contribution in [1.82, 2.24) is 4.57 Å². The summed E-state index contributed by atoms with van der Waals surface area (Å²) >= 11 is 0. The molecule has 1 aliphatic rings. The summed E-state index contributed by atoms with van der Waals surface area (Å²) in [4.78, 5) is 0. The number of furan rings is 1. The first-order valence-electron chi connectivity index (χ1n) is 9.32. The molecular formula is C24H19N2O+. The first-order chi connectivity index (χ1) is 13.2. The van der Waals surface area contributed by atoms with E-state index in [4.69, 9.17) is 4.42 Å². The van der Waals surface area contributed by atoms with Crippen LogP contribution in [-0.2, 0) is 6.54 Å². The maximum atomic E-state index is 6.09. The van der Waals surface area contributed by atoms with E-state index in [1.54, 1.807) is 0 Å². The van der Waals surface area contributed by atoms with Crippen LogP contribution in [0.25, 0.3) is 39.0 Å². The molecule has 3 heteroatoms. The van der Waals surface area contributed by atoms with E-state index >= 15 is 0 Å². The lowest BCUT2D eigenvalue weighted by Gasteiger charge is -2.07. The Balaban J connectivity index is 1.66. The fraction of sp³-hybridized carbons (Fsp3) is 0.125. The summed E-state index contributed by atoms with van der Waals surface area (Å²) in [6, 6.07) is 19.3. The highest BCUT2D eigenvalue weighted by Crippen LogP contribution is 2.37. The Bertz CT molecular complexity index is 1350. The molecule has 2 aromatic heterocycles. The van der Waals surface area contributed by atoms with Gasteiger partial charge in [0.05, 0.1) is 5.56 Å². The van der Waals surface area contributed by atoms with Gasteiger partial charge in [0.15, 0.2) is 0 Å². The zero-order chi connectivity index (χ0) is 18.1. The van der Waals surface area contributed by atoms with Gasteiger partial charge in [-0.05, 0) is 43.2 Å². The third kappa shape index (κ3) is 1.94. The van der Waals surface area contributed by atoms with Crippen LogP contribution in [-0.4, -0.2) is 4.57 Å².